The fourth-order valence-electron chi connectivity index (χ4n) is 4.81. The van der Waals surface area contributed by atoms with Gasteiger partial charge in [0.05, 0.1) is 17.3 Å². The van der Waals surface area contributed by atoms with Crippen molar-refractivity contribution in [3.05, 3.63) is 35.9 Å². The maximum absolute atomic E-state index is 13.0. The lowest BCUT2D eigenvalue weighted by Gasteiger charge is -2.27. The maximum atomic E-state index is 13.0. The zero-order chi connectivity index (χ0) is 17.8. The fourth-order valence-corrected chi connectivity index (χ4v) is 4.81. The molecule has 1 amide bonds. The third-order valence-corrected chi connectivity index (χ3v) is 6.33. The van der Waals surface area contributed by atoms with E-state index < -0.39 is 5.54 Å². The molecule has 1 saturated carbocycles. The molecule has 3 heterocycles. The molecular weight excluding hydrogens is 312 g/mol. The van der Waals surface area contributed by atoms with Crippen LogP contribution in [-0.4, -0.2) is 28.4 Å². The van der Waals surface area contributed by atoms with Gasteiger partial charge in [-0.25, -0.2) is 4.98 Å². The average molecular weight is 340 g/mol. The lowest BCUT2D eigenvalue weighted by atomic mass is 9.83. The van der Waals surface area contributed by atoms with Crippen molar-refractivity contribution >= 4 is 11.4 Å². The fraction of sp³-hybridized carbons (Fsp3) is 0.600. The molecule has 2 aliphatic rings. The summed E-state index contributed by atoms with van der Waals surface area (Å²) in [7, 11) is 0. The van der Waals surface area contributed by atoms with Crippen molar-refractivity contribution < 1.29 is 4.79 Å². The van der Waals surface area contributed by atoms with Crippen LogP contribution in [0.3, 0.4) is 0 Å². The summed E-state index contributed by atoms with van der Waals surface area (Å²) < 4.78 is 2.09. The maximum Gasteiger partial charge on any atom is 0.223 e. The van der Waals surface area contributed by atoms with Crippen LogP contribution in [-0.2, 0) is 10.3 Å². The van der Waals surface area contributed by atoms with Gasteiger partial charge in [0.25, 0.3) is 0 Å². The molecule has 0 unspecified atom stereocenters. The number of aryl methyl sites for hydroxylation is 1. The molecule has 2 aromatic heterocycles. The van der Waals surface area contributed by atoms with E-state index in [4.69, 9.17) is 0 Å². The molecule has 2 aromatic rings. The third kappa shape index (κ3) is 2.65. The van der Waals surface area contributed by atoms with E-state index in [1.807, 2.05) is 32.3 Å². The van der Waals surface area contributed by atoms with Crippen LogP contribution in [0.1, 0.15) is 45.0 Å². The number of amides is 1. The van der Waals surface area contributed by atoms with Crippen LogP contribution < -0.4 is 10.6 Å². The lowest BCUT2D eigenvalue weighted by molar-refractivity contribution is -0.127. The van der Waals surface area contributed by atoms with Gasteiger partial charge in [0.15, 0.2) is 0 Å². The second kappa shape index (κ2) is 5.56. The molecule has 134 valence electrons. The van der Waals surface area contributed by atoms with Crippen molar-refractivity contribution in [3.63, 3.8) is 0 Å². The van der Waals surface area contributed by atoms with Crippen LogP contribution >= 0.6 is 0 Å². The number of carbonyl (C=O) groups excluding carboxylic acids is 1. The van der Waals surface area contributed by atoms with Gasteiger partial charge in [-0.2, -0.15) is 0 Å². The number of carbonyl (C=O) groups is 1. The summed E-state index contributed by atoms with van der Waals surface area (Å²) in [6, 6.07) is 4.11. The molecule has 1 aliphatic carbocycles. The third-order valence-electron chi connectivity index (χ3n) is 6.33. The summed E-state index contributed by atoms with van der Waals surface area (Å²) in [5.41, 5.74) is 2.05. The SMILES string of the molecule is Cc1cccn2c(C(C)(C)NC(=O)[C@@H]3C[C@@H]4CNC[C@]4(C)C3)ncc12. The number of rotatable bonds is 3. The summed E-state index contributed by atoms with van der Waals surface area (Å²) in [5, 5.41) is 6.75. The molecule has 3 atom stereocenters. The Labute approximate surface area is 149 Å². The Bertz CT molecular complexity index is 824. The van der Waals surface area contributed by atoms with Crippen molar-refractivity contribution in [2.75, 3.05) is 13.1 Å². The normalized spacial score (nSPS) is 29.1. The predicted molar refractivity (Wildman–Crippen MR) is 98.3 cm³/mol. The van der Waals surface area contributed by atoms with Crippen LogP contribution in [0.5, 0.6) is 0 Å². The monoisotopic (exact) mass is 340 g/mol. The molecule has 5 nitrogen and oxygen atoms in total. The second-order valence-corrected chi connectivity index (χ2v) is 8.76. The molecule has 1 saturated heterocycles. The van der Waals surface area contributed by atoms with Gasteiger partial charge in [0, 0.05) is 18.7 Å². The first-order valence-electron chi connectivity index (χ1n) is 9.26. The van der Waals surface area contributed by atoms with Crippen LogP contribution in [0.15, 0.2) is 24.5 Å². The van der Waals surface area contributed by atoms with E-state index in [2.05, 4.69) is 39.9 Å². The van der Waals surface area contributed by atoms with Gasteiger partial charge in [-0.3, -0.25) is 4.79 Å². The number of nitrogens with one attached hydrogen (secondary N) is 2. The van der Waals surface area contributed by atoms with Crippen LogP contribution in [0.25, 0.3) is 5.52 Å². The van der Waals surface area contributed by atoms with Gasteiger partial charge < -0.3 is 15.0 Å². The van der Waals surface area contributed by atoms with Crippen molar-refractivity contribution in [3.8, 4) is 0 Å². The van der Waals surface area contributed by atoms with E-state index in [9.17, 15) is 4.79 Å². The topological polar surface area (TPSA) is 58.4 Å². The summed E-state index contributed by atoms with van der Waals surface area (Å²) in [5.74, 6) is 1.79. The molecular formula is C20H28N4O. The van der Waals surface area contributed by atoms with Crippen LogP contribution in [0.4, 0.5) is 0 Å². The molecule has 0 spiro atoms. The quantitative estimate of drug-likeness (QED) is 0.903. The van der Waals surface area contributed by atoms with Gasteiger partial charge in [0.2, 0.25) is 5.91 Å². The first-order valence-corrected chi connectivity index (χ1v) is 9.26. The molecule has 0 aromatic carbocycles. The Morgan fingerprint density at radius 1 is 1.48 bits per heavy atom. The number of hydrogen-bond donors (Lipinski definition) is 2. The molecule has 0 radical (unpaired) electrons. The van der Waals surface area contributed by atoms with E-state index in [0.29, 0.717) is 5.92 Å². The minimum atomic E-state index is -0.506. The Morgan fingerprint density at radius 3 is 3.04 bits per heavy atom. The largest absolute Gasteiger partial charge is 0.344 e. The highest BCUT2D eigenvalue weighted by Gasteiger charge is 2.49. The van der Waals surface area contributed by atoms with Gasteiger partial charge in [-0.15, -0.1) is 0 Å². The summed E-state index contributed by atoms with van der Waals surface area (Å²) in [6.45, 7) is 10.6. The lowest BCUT2D eigenvalue weighted by Crippen LogP contribution is -2.45. The minimum absolute atomic E-state index is 0.115. The number of pyridine rings is 1. The van der Waals surface area contributed by atoms with E-state index >= 15 is 0 Å². The Kier molecular flexibility index (Phi) is 3.69. The molecule has 25 heavy (non-hydrogen) atoms. The van der Waals surface area contributed by atoms with E-state index in [0.717, 1.165) is 37.3 Å². The Morgan fingerprint density at radius 2 is 2.28 bits per heavy atom. The molecule has 1 aliphatic heterocycles. The van der Waals surface area contributed by atoms with Crippen LogP contribution in [0, 0.1) is 24.2 Å². The van der Waals surface area contributed by atoms with Crippen molar-refractivity contribution in [1.82, 2.24) is 20.0 Å². The van der Waals surface area contributed by atoms with Gasteiger partial charge >= 0.3 is 0 Å². The summed E-state index contributed by atoms with van der Waals surface area (Å²) >= 11 is 0. The first-order chi connectivity index (χ1) is 11.8. The number of imidazole rings is 1. The standard InChI is InChI=1S/C20H28N4O/c1-13-6-5-7-24-16(13)11-22-18(24)19(2,3)23-17(25)14-8-15-10-21-12-20(15,4)9-14/h5-7,11,14-15,21H,8-10,12H2,1-4H3,(H,23,25)/t14-,15-,20+/m1/s1. The zero-order valence-electron chi connectivity index (χ0n) is 15.6. The van der Waals surface area contributed by atoms with Crippen molar-refractivity contribution in [1.29, 1.82) is 0 Å². The molecule has 2 fully saturated rings. The van der Waals surface area contributed by atoms with Crippen molar-refractivity contribution in [2.24, 2.45) is 17.3 Å². The first kappa shape index (κ1) is 16.6. The number of nitrogens with zero attached hydrogens (tertiary/aromatic N) is 2. The molecule has 0 bridgehead atoms. The van der Waals surface area contributed by atoms with Crippen molar-refractivity contribution in [2.45, 2.75) is 46.1 Å². The Balaban J connectivity index is 1.55. The van der Waals surface area contributed by atoms with Gasteiger partial charge in [0.1, 0.15) is 5.82 Å². The highest BCUT2D eigenvalue weighted by atomic mass is 16.2. The van der Waals surface area contributed by atoms with Crippen LogP contribution in [0.2, 0.25) is 0 Å². The number of fused-ring (bicyclic) bond motifs is 2. The average Bonchev–Trinajstić information content (AvgIpc) is 3.18. The predicted octanol–water partition coefficient (Wildman–Crippen LogP) is 2.63. The summed E-state index contributed by atoms with van der Waals surface area (Å²) in [4.78, 5) is 17.6. The summed E-state index contributed by atoms with van der Waals surface area (Å²) in [6.07, 6.45) is 5.89. The molecule has 4 rings (SSSR count). The smallest absolute Gasteiger partial charge is 0.223 e. The number of hydrogen-bond acceptors (Lipinski definition) is 3. The Hall–Kier alpha value is -1.88. The minimum Gasteiger partial charge on any atom is -0.344 e. The van der Waals surface area contributed by atoms with E-state index in [1.165, 1.54) is 5.56 Å². The molecule has 2 N–H and O–H groups in total. The van der Waals surface area contributed by atoms with E-state index in [1.54, 1.807) is 0 Å². The highest BCUT2D eigenvalue weighted by molar-refractivity contribution is 5.80. The number of aromatic nitrogens is 2. The van der Waals surface area contributed by atoms with E-state index in [-0.39, 0.29) is 17.2 Å². The second-order valence-electron chi connectivity index (χ2n) is 8.76. The van der Waals surface area contributed by atoms with Gasteiger partial charge in [-0.05, 0) is 63.1 Å². The molecule has 5 heteroatoms. The zero-order valence-corrected chi connectivity index (χ0v) is 15.6. The highest BCUT2D eigenvalue weighted by Crippen LogP contribution is 2.48. The van der Waals surface area contributed by atoms with Gasteiger partial charge in [-0.1, -0.05) is 13.0 Å².